The summed E-state index contributed by atoms with van der Waals surface area (Å²) in [5.74, 6) is 0.864. The van der Waals surface area contributed by atoms with Crippen molar-refractivity contribution in [1.29, 1.82) is 0 Å². The van der Waals surface area contributed by atoms with Crippen LogP contribution in [0.25, 0.3) is 0 Å². The average molecular weight is 170 g/mol. The number of hydrogen-bond donors (Lipinski definition) is 1. The number of thiocarbonyl (C=S) groups is 1. The fourth-order valence-corrected chi connectivity index (χ4v) is 2.34. The molecule has 0 aromatic rings. The van der Waals surface area contributed by atoms with Gasteiger partial charge in [-0.1, -0.05) is 12.2 Å². The largest absolute Gasteiger partial charge is 0.367 e. The molecule has 11 heavy (non-hydrogen) atoms. The zero-order valence-electron chi connectivity index (χ0n) is 6.62. The average Bonchev–Trinajstić information content (AvgIpc) is 2.46. The molecule has 0 amide bonds. The van der Waals surface area contributed by atoms with E-state index in [1.54, 1.807) is 5.49 Å². The van der Waals surface area contributed by atoms with E-state index in [1.165, 1.54) is 25.9 Å². The number of nitrogens with zero attached hydrogens (tertiary/aromatic N) is 1. The van der Waals surface area contributed by atoms with Crippen LogP contribution in [0.2, 0.25) is 0 Å². The smallest absolute Gasteiger partial charge is 0.0641 e. The van der Waals surface area contributed by atoms with Crippen LogP contribution < -0.4 is 5.32 Å². The van der Waals surface area contributed by atoms with Crippen LogP contribution in [0.4, 0.5) is 0 Å². The lowest BCUT2D eigenvalue weighted by molar-refractivity contribution is 0.339. The van der Waals surface area contributed by atoms with Gasteiger partial charge in [-0.25, -0.2) is 0 Å². The van der Waals surface area contributed by atoms with Gasteiger partial charge in [0.1, 0.15) is 0 Å². The molecule has 2 fully saturated rings. The summed E-state index contributed by atoms with van der Waals surface area (Å²) < 4.78 is 0. The molecule has 0 saturated carbocycles. The van der Waals surface area contributed by atoms with Crippen molar-refractivity contribution in [3.05, 3.63) is 0 Å². The maximum absolute atomic E-state index is 4.91. The maximum Gasteiger partial charge on any atom is 0.0641 e. The Morgan fingerprint density at radius 2 is 2.36 bits per heavy atom. The van der Waals surface area contributed by atoms with Gasteiger partial charge in [0.2, 0.25) is 0 Å². The Bertz CT molecular complexity index is 146. The van der Waals surface area contributed by atoms with Gasteiger partial charge in [-0.3, -0.25) is 0 Å². The first-order chi connectivity index (χ1) is 5.40. The lowest BCUT2D eigenvalue weighted by atomic mass is 9.94. The van der Waals surface area contributed by atoms with Crippen molar-refractivity contribution >= 4 is 17.7 Å². The second kappa shape index (κ2) is 3.07. The summed E-state index contributed by atoms with van der Waals surface area (Å²) in [4.78, 5) is 2.25. The molecule has 2 aliphatic heterocycles. The summed E-state index contributed by atoms with van der Waals surface area (Å²) in [6.45, 7) is 3.52. The summed E-state index contributed by atoms with van der Waals surface area (Å²) in [6, 6.07) is 0.725. The Morgan fingerprint density at radius 3 is 3.09 bits per heavy atom. The maximum atomic E-state index is 4.91. The van der Waals surface area contributed by atoms with Crippen molar-refractivity contribution < 1.29 is 0 Å². The Labute approximate surface area is 73.0 Å². The minimum absolute atomic E-state index is 0.725. The number of fused-ring (bicyclic) bond motifs is 1. The predicted octanol–water partition coefficient (Wildman–Crippen LogP) is 0.627. The normalized spacial score (nSPS) is 36.9. The number of nitrogens with one attached hydrogen (secondary N) is 1. The van der Waals surface area contributed by atoms with Crippen LogP contribution >= 0.6 is 12.2 Å². The highest BCUT2D eigenvalue weighted by Gasteiger charge is 2.32. The fraction of sp³-hybridized carbons (Fsp3) is 0.875. The van der Waals surface area contributed by atoms with Crippen molar-refractivity contribution in [3.8, 4) is 0 Å². The first-order valence-electron chi connectivity index (χ1n) is 4.33. The molecular formula is C8H14N2S. The van der Waals surface area contributed by atoms with E-state index in [0.29, 0.717) is 0 Å². The minimum atomic E-state index is 0.725. The van der Waals surface area contributed by atoms with E-state index >= 15 is 0 Å². The van der Waals surface area contributed by atoms with Crippen molar-refractivity contribution in [2.75, 3.05) is 19.6 Å². The number of piperidine rings is 1. The summed E-state index contributed by atoms with van der Waals surface area (Å²) in [5, 5.41) is 3.54. The molecule has 0 aromatic heterocycles. The first-order valence-corrected chi connectivity index (χ1v) is 4.80. The third-order valence-corrected chi connectivity index (χ3v) is 3.07. The SMILES string of the molecule is S=CN1CC2CCCNC2C1. The quantitative estimate of drug-likeness (QED) is 0.581. The van der Waals surface area contributed by atoms with Crippen LogP contribution in [0, 0.1) is 5.92 Å². The molecule has 2 heterocycles. The van der Waals surface area contributed by atoms with E-state index in [1.807, 2.05) is 0 Å². The van der Waals surface area contributed by atoms with Gasteiger partial charge in [0.25, 0.3) is 0 Å². The van der Waals surface area contributed by atoms with Crippen molar-refractivity contribution in [1.82, 2.24) is 10.2 Å². The molecule has 62 valence electrons. The van der Waals surface area contributed by atoms with Gasteiger partial charge in [0, 0.05) is 19.1 Å². The van der Waals surface area contributed by atoms with E-state index in [9.17, 15) is 0 Å². The summed E-state index contributed by atoms with van der Waals surface area (Å²) >= 11 is 4.91. The Kier molecular flexibility index (Phi) is 2.09. The number of likely N-dealkylation sites (tertiary alicyclic amines) is 1. The third kappa shape index (κ3) is 1.40. The fourth-order valence-electron chi connectivity index (χ4n) is 2.17. The molecule has 2 aliphatic rings. The third-order valence-electron chi connectivity index (χ3n) is 2.78. The molecule has 0 aromatic carbocycles. The number of hydrogen-bond acceptors (Lipinski definition) is 2. The van der Waals surface area contributed by atoms with Crippen LogP contribution in [-0.4, -0.2) is 36.1 Å². The molecule has 0 bridgehead atoms. The molecule has 2 rings (SSSR count). The Balaban J connectivity index is 1.97. The van der Waals surface area contributed by atoms with E-state index in [2.05, 4.69) is 10.2 Å². The molecule has 2 unspecified atom stereocenters. The van der Waals surface area contributed by atoms with Crippen molar-refractivity contribution in [2.24, 2.45) is 5.92 Å². The zero-order chi connectivity index (χ0) is 7.68. The molecule has 0 radical (unpaired) electrons. The van der Waals surface area contributed by atoms with Gasteiger partial charge in [0.15, 0.2) is 0 Å². The van der Waals surface area contributed by atoms with Gasteiger partial charge >= 0.3 is 0 Å². The minimum Gasteiger partial charge on any atom is -0.367 e. The van der Waals surface area contributed by atoms with Crippen molar-refractivity contribution in [2.45, 2.75) is 18.9 Å². The molecule has 0 spiro atoms. The molecule has 0 aliphatic carbocycles. The first kappa shape index (κ1) is 7.50. The second-order valence-corrected chi connectivity index (χ2v) is 3.73. The van der Waals surface area contributed by atoms with Crippen LogP contribution in [0.1, 0.15) is 12.8 Å². The van der Waals surface area contributed by atoms with E-state index in [4.69, 9.17) is 12.2 Å². The lowest BCUT2D eigenvalue weighted by Crippen LogP contribution is -2.40. The van der Waals surface area contributed by atoms with Gasteiger partial charge in [-0.2, -0.15) is 0 Å². The molecule has 2 saturated heterocycles. The van der Waals surface area contributed by atoms with E-state index in [0.717, 1.165) is 18.5 Å². The van der Waals surface area contributed by atoms with Crippen LogP contribution in [-0.2, 0) is 0 Å². The van der Waals surface area contributed by atoms with Crippen LogP contribution in [0.15, 0.2) is 0 Å². The highest BCUT2D eigenvalue weighted by Crippen LogP contribution is 2.23. The molecule has 3 heteroatoms. The Hall–Kier alpha value is -0.150. The predicted molar refractivity (Wildman–Crippen MR) is 49.7 cm³/mol. The molecular weight excluding hydrogens is 156 g/mol. The van der Waals surface area contributed by atoms with Gasteiger partial charge in [0.05, 0.1) is 5.49 Å². The summed E-state index contributed by atoms with van der Waals surface area (Å²) in [5.41, 5.74) is 1.81. The standard InChI is InChI=1S/C8H14N2S/c11-6-10-4-7-2-1-3-9-8(7)5-10/h6-9H,1-5H2. The monoisotopic (exact) mass is 170 g/mol. The molecule has 2 atom stereocenters. The number of rotatable bonds is 1. The molecule has 1 N–H and O–H groups in total. The van der Waals surface area contributed by atoms with Gasteiger partial charge in [-0.15, -0.1) is 0 Å². The van der Waals surface area contributed by atoms with Crippen molar-refractivity contribution in [3.63, 3.8) is 0 Å². The van der Waals surface area contributed by atoms with Crippen LogP contribution in [0.5, 0.6) is 0 Å². The second-order valence-electron chi connectivity index (χ2n) is 3.52. The molecule has 2 nitrogen and oxygen atoms in total. The van der Waals surface area contributed by atoms with Gasteiger partial charge < -0.3 is 10.2 Å². The highest BCUT2D eigenvalue weighted by atomic mass is 32.1. The summed E-state index contributed by atoms with van der Waals surface area (Å²) in [7, 11) is 0. The van der Waals surface area contributed by atoms with Crippen LogP contribution in [0.3, 0.4) is 0 Å². The highest BCUT2D eigenvalue weighted by molar-refractivity contribution is 7.78. The van der Waals surface area contributed by atoms with E-state index < -0.39 is 0 Å². The Morgan fingerprint density at radius 1 is 1.45 bits per heavy atom. The summed E-state index contributed by atoms with van der Waals surface area (Å²) in [6.07, 6.45) is 2.73. The van der Waals surface area contributed by atoms with Gasteiger partial charge in [-0.05, 0) is 25.3 Å². The lowest BCUT2D eigenvalue weighted by Gasteiger charge is -2.24. The zero-order valence-corrected chi connectivity index (χ0v) is 7.44. The topological polar surface area (TPSA) is 15.3 Å². The van der Waals surface area contributed by atoms with E-state index in [-0.39, 0.29) is 0 Å².